The third-order valence-electron chi connectivity index (χ3n) is 4.34. The van der Waals surface area contributed by atoms with Crippen molar-refractivity contribution in [2.75, 3.05) is 4.90 Å². The van der Waals surface area contributed by atoms with Gasteiger partial charge in [-0.25, -0.2) is 14.2 Å². The lowest BCUT2D eigenvalue weighted by Gasteiger charge is -2.18. The van der Waals surface area contributed by atoms with Gasteiger partial charge in [-0.2, -0.15) is 0 Å². The molecule has 0 atom stereocenters. The lowest BCUT2D eigenvalue weighted by Crippen LogP contribution is -2.23. The molecule has 0 spiro atoms. The predicted molar refractivity (Wildman–Crippen MR) is 116 cm³/mol. The maximum absolute atomic E-state index is 14.2. The van der Waals surface area contributed by atoms with Gasteiger partial charge in [0.1, 0.15) is 18.1 Å². The van der Waals surface area contributed by atoms with E-state index in [2.05, 4.69) is 25.9 Å². The Morgan fingerprint density at radius 3 is 2.67 bits per heavy atom. The van der Waals surface area contributed by atoms with E-state index in [1.54, 1.807) is 17.5 Å². The summed E-state index contributed by atoms with van der Waals surface area (Å²) in [5.41, 5.74) is 1.70. The molecule has 0 aliphatic carbocycles. The lowest BCUT2D eigenvalue weighted by atomic mass is 10.2. The Bertz CT molecular complexity index is 1250. The highest BCUT2D eigenvalue weighted by Gasteiger charge is 2.22. The van der Waals surface area contributed by atoms with Crippen LogP contribution >= 0.6 is 27.3 Å². The second-order valence-corrected chi connectivity index (χ2v) is 7.99. The Hall–Kier alpha value is -3.04. The SMILES string of the molecule is CC(=O)N(c1nc(COC(=O)c2[nH]c3ccccc3c2Br)cs1)c1ccccc1F. The number of hydrogen-bond donors (Lipinski definition) is 1. The molecule has 152 valence electrons. The summed E-state index contributed by atoms with van der Waals surface area (Å²) in [6.45, 7) is 1.25. The predicted octanol–water partition coefficient (Wildman–Crippen LogP) is 5.57. The maximum atomic E-state index is 14.2. The van der Waals surface area contributed by atoms with E-state index in [-0.39, 0.29) is 18.2 Å². The summed E-state index contributed by atoms with van der Waals surface area (Å²) >= 11 is 4.59. The molecule has 2 aromatic heterocycles. The molecule has 0 unspecified atom stereocenters. The number of nitrogens with one attached hydrogen (secondary N) is 1. The van der Waals surface area contributed by atoms with Crippen molar-refractivity contribution in [3.8, 4) is 0 Å². The average Bonchev–Trinajstić information content (AvgIpc) is 3.33. The van der Waals surface area contributed by atoms with E-state index in [1.165, 1.54) is 24.0 Å². The highest BCUT2D eigenvalue weighted by atomic mass is 79.9. The molecule has 0 radical (unpaired) electrons. The molecule has 9 heteroatoms. The van der Waals surface area contributed by atoms with Crippen molar-refractivity contribution in [2.24, 2.45) is 0 Å². The molecule has 30 heavy (non-hydrogen) atoms. The number of para-hydroxylation sites is 2. The Morgan fingerprint density at radius 2 is 1.93 bits per heavy atom. The van der Waals surface area contributed by atoms with E-state index in [0.717, 1.165) is 22.2 Å². The zero-order valence-electron chi connectivity index (χ0n) is 15.7. The number of nitrogens with zero attached hydrogens (tertiary/aromatic N) is 2. The van der Waals surface area contributed by atoms with Crippen LogP contribution < -0.4 is 4.90 Å². The fourth-order valence-corrected chi connectivity index (χ4v) is 4.44. The number of aromatic nitrogens is 2. The number of anilines is 2. The number of halogens is 2. The first-order valence-corrected chi connectivity index (χ1v) is 10.6. The molecular formula is C21H15BrFN3O3S. The van der Waals surface area contributed by atoms with E-state index in [9.17, 15) is 14.0 Å². The minimum atomic E-state index is -0.537. The second-order valence-electron chi connectivity index (χ2n) is 6.36. The molecule has 1 amide bonds. The van der Waals surface area contributed by atoms with Crippen molar-refractivity contribution in [1.82, 2.24) is 9.97 Å². The smallest absolute Gasteiger partial charge is 0.356 e. The Balaban J connectivity index is 1.51. The largest absolute Gasteiger partial charge is 0.454 e. The fraction of sp³-hybridized carbons (Fsp3) is 0.0952. The van der Waals surface area contributed by atoms with Gasteiger partial charge < -0.3 is 9.72 Å². The van der Waals surface area contributed by atoms with Gasteiger partial charge >= 0.3 is 5.97 Å². The van der Waals surface area contributed by atoms with Gasteiger partial charge in [0.05, 0.1) is 15.9 Å². The van der Waals surface area contributed by atoms with Gasteiger partial charge in [0.15, 0.2) is 5.13 Å². The molecule has 4 aromatic rings. The minimum absolute atomic E-state index is 0.0832. The number of amides is 1. The van der Waals surface area contributed by atoms with Crippen molar-refractivity contribution in [1.29, 1.82) is 0 Å². The zero-order chi connectivity index (χ0) is 21.3. The monoisotopic (exact) mass is 487 g/mol. The molecule has 2 heterocycles. The molecule has 0 aliphatic rings. The van der Waals surface area contributed by atoms with E-state index in [0.29, 0.717) is 21.0 Å². The summed E-state index contributed by atoms with van der Waals surface area (Å²) in [6, 6.07) is 13.5. The lowest BCUT2D eigenvalue weighted by molar-refractivity contribution is -0.115. The second kappa shape index (κ2) is 8.37. The molecule has 1 N–H and O–H groups in total. The summed E-state index contributed by atoms with van der Waals surface area (Å²) in [4.78, 5) is 33.2. The average molecular weight is 488 g/mol. The van der Waals surface area contributed by atoms with Crippen molar-refractivity contribution >= 4 is 60.9 Å². The Kier molecular flexibility index (Phi) is 5.65. The van der Waals surface area contributed by atoms with Crippen LogP contribution in [0.4, 0.5) is 15.2 Å². The van der Waals surface area contributed by atoms with Crippen LogP contribution in [0.15, 0.2) is 58.4 Å². The zero-order valence-corrected chi connectivity index (χ0v) is 18.1. The summed E-state index contributed by atoms with van der Waals surface area (Å²) in [7, 11) is 0. The molecule has 0 saturated heterocycles. The highest BCUT2D eigenvalue weighted by molar-refractivity contribution is 9.10. The van der Waals surface area contributed by atoms with Gasteiger partial charge in [0.2, 0.25) is 5.91 Å². The quantitative estimate of drug-likeness (QED) is 0.373. The number of benzene rings is 2. The molecule has 6 nitrogen and oxygen atoms in total. The molecule has 0 bridgehead atoms. The minimum Gasteiger partial charge on any atom is -0.454 e. The van der Waals surface area contributed by atoms with E-state index in [1.807, 2.05) is 24.3 Å². The van der Waals surface area contributed by atoms with Crippen molar-refractivity contribution < 1.29 is 18.7 Å². The van der Waals surface area contributed by atoms with Gasteiger partial charge in [-0.05, 0) is 34.1 Å². The van der Waals surface area contributed by atoms with Crippen LogP contribution in [-0.4, -0.2) is 21.8 Å². The summed E-state index contributed by atoms with van der Waals surface area (Å²) in [5, 5.41) is 2.84. The van der Waals surface area contributed by atoms with Crippen LogP contribution in [0, 0.1) is 5.82 Å². The number of carbonyl (C=O) groups excluding carboxylic acids is 2. The maximum Gasteiger partial charge on any atom is 0.356 e. The summed E-state index contributed by atoms with van der Waals surface area (Å²) in [5.74, 6) is -1.44. The van der Waals surface area contributed by atoms with E-state index >= 15 is 0 Å². The number of carbonyl (C=O) groups is 2. The molecule has 0 saturated carbocycles. The number of thiazole rings is 1. The molecule has 0 fully saturated rings. The molecule has 2 aromatic carbocycles. The number of esters is 1. The van der Waals surface area contributed by atoms with Crippen molar-refractivity contribution in [2.45, 2.75) is 13.5 Å². The summed E-state index contributed by atoms with van der Waals surface area (Å²) < 4.78 is 20.2. The van der Waals surface area contributed by atoms with E-state index in [4.69, 9.17) is 4.74 Å². The normalized spacial score (nSPS) is 10.9. The van der Waals surface area contributed by atoms with Gasteiger partial charge in [0, 0.05) is 23.2 Å². The van der Waals surface area contributed by atoms with Gasteiger partial charge in [-0.1, -0.05) is 30.3 Å². The molecule has 4 rings (SSSR count). The number of aromatic amines is 1. The van der Waals surface area contributed by atoms with Crippen LogP contribution in [0.2, 0.25) is 0 Å². The number of fused-ring (bicyclic) bond motifs is 1. The third kappa shape index (κ3) is 3.86. The third-order valence-corrected chi connectivity index (χ3v) is 6.04. The van der Waals surface area contributed by atoms with Crippen LogP contribution in [0.3, 0.4) is 0 Å². The van der Waals surface area contributed by atoms with Crippen LogP contribution in [0.5, 0.6) is 0 Å². The molecule has 0 aliphatic heterocycles. The first kappa shape index (κ1) is 20.2. The first-order valence-electron chi connectivity index (χ1n) is 8.88. The molecular weight excluding hydrogens is 473 g/mol. The summed E-state index contributed by atoms with van der Waals surface area (Å²) in [6.07, 6.45) is 0. The van der Waals surface area contributed by atoms with Gasteiger partial charge in [-0.15, -0.1) is 11.3 Å². The Morgan fingerprint density at radius 1 is 1.20 bits per heavy atom. The number of H-pyrrole nitrogens is 1. The number of hydrogen-bond acceptors (Lipinski definition) is 5. The number of ether oxygens (including phenoxy) is 1. The Labute approximate surface area is 183 Å². The van der Waals surface area contributed by atoms with Crippen molar-refractivity contribution in [3.63, 3.8) is 0 Å². The highest BCUT2D eigenvalue weighted by Crippen LogP contribution is 2.31. The van der Waals surface area contributed by atoms with Crippen LogP contribution in [0.1, 0.15) is 23.1 Å². The van der Waals surface area contributed by atoms with Crippen molar-refractivity contribution in [3.05, 3.63) is 75.6 Å². The fourth-order valence-electron chi connectivity index (χ4n) is 2.97. The van der Waals surface area contributed by atoms with Gasteiger partial charge in [0.25, 0.3) is 0 Å². The standard InChI is InChI=1S/C21H15BrFN3O3S/c1-12(27)26(17-9-5-3-7-15(17)23)21-24-13(11-30-21)10-29-20(28)19-18(22)14-6-2-4-8-16(14)25-19/h2-9,11,25H,10H2,1H3. The first-order chi connectivity index (χ1) is 14.5. The van der Waals surface area contributed by atoms with E-state index < -0.39 is 11.8 Å². The van der Waals surface area contributed by atoms with Crippen LogP contribution in [0.25, 0.3) is 10.9 Å². The number of rotatable bonds is 5. The van der Waals surface area contributed by atoms with Crippen LogP contribution in [-0.2, 0) is 16.1 Å². The van der Waals surface area contributed by atoms with Gasteiger partial charge in [-0.3, -0.25) is 9.69 Å². The topological polar surface area (TPSA) is 75.3 Å².